The predicted octanol–water partition coefficient (Wildman–Crippen LogP) is 4.56. The van der Waals surface area contributed by atoms with Crippen molar-refractivity contribution in [2.45, 2.75) is 51.3 Å². The van der Waals surface area contributed by atoms with Crippen LogP contribution in [-0.2, 0) is 11.3 Å². The van der Waals surface area contributed by atoms with Crippen molar-refractivity contribution in [1.29, 1.82) is 0 Å². The zero-order valence-corrected chi connectivity index (χ0v) is 20.4. The Balaban J connectivity index is 1.33. The molecule has 2 aromatic carbocycles. The van der Waals surface area contributed by atoms with E-state index in [0.29, 0.717) is 18.0 Å². The first kappa shape index (κ1) is 23.9. The molecule has 0 radical (unpaired) electrons. The summed E-state index contributed by atoms with van der Waals surface area (Å²) in [6.45, 7) is 2.26. The summed E-state index contributed by atoms with van der Waals surface area (Å²) in [6.07, 6.45) is 3.37. The monoisotopic (exact) mass is 488 g/mol. The van der Waals surface area contributed by atoms with Gasteiger partial charge in [-0.2, -0.15) is 5.10 Å². The highest BCUT2D eigenvalue weighted by Crippen LogP contribution is 2.29. The Labute approximate surface area is 208 Å². The summed E-state index contributed by atoms with van der Waals surface area (Å²) in [4.78, 5) is 22.0. The third-order valence-corrected chi connectivity index (χ3v) is 6.51. The highest BCUT2D eigenvalue weighted by atomic mass is 19.1. The Morgan fingerprint density at radius 2 is 1.81 bits per heavy atom. The molecule has 2 heterocycles. The highest BCUT2D eigenvalue weighted by molar-refractivity contribution is 5.94. The number of ether oxygens (including phenoxy) is 1. The smallest absolute Gasteiger partial charge is 0.251 e. The number of carbonyl (C=O) groups excluding carboxylic acids is 1. The molecule has 1 fully saturated rings. The molecule has 0 saturated heterocycles. The number of fused-ring (bicyclic) bond motifs is 1. The summed E-state index contributed by atoms with van der Waals surface area (Å²) in [5.74, 6) is 0.682. The minimum Gasteiger partial charge on any atom is -0.377 e. The van der Waals surface area contributed by atoms with E-state index in [1.165, 1.54) is 12.1 Å². The number of para-hydroxylation sites is 1. The molecule has 2 N–H and O–H groups in total. The number of aryl methyl sites for hydroxylation is 1. The maximum atomic E-state index is 13.5. The Morgan fingerprint density at radius 3 is 2.53 bits per heavy atom. The second-order valence-electron chi connectivity index (χ2n) is 9.13. The van der Waals surface area contributed by atoms with Crippen molar-refractivity contribution in [2.24, 2.45) is 0 Å². The summed E-state index contributed by atoms with van der Waals surface area (Å²) < 4.78 is 20.6. The molecule has 0 aliphatic heterocycles. The Hall–Kier alpha value is -3.85. The van der Waals surface area contributed by atoms with Crippen molar-refractivity contribution in [3.05, 3.63) is 77.5 Å². The van der Waals surface area contributed by atoms with Gasteiger partial charge in [-0.15, -0.1) is 0 Å². The molecule has 1 saturated carbocycles. The van der Waals surface area contributed by atoms with Gasteiger partial charge in [0.05, 0.1) is 16.8 Å². The number of benzene rings is 2. The van der Waals surface area contributed by atoms with Crippen LogP contribution in [0.1, 0.15) is 47.6 Å². The van der Waals surface area contributed by atoms with Gasteiger partial charge >= 0.3 is 0 Å². The van der Waals surface area contributed by atoms with E-state index >= 15 is 0 Å². The summed E-state index contributed by atoms with van der Waals surface area (Å²) >= 11 is 0. The van der Waals surface area contributed by atoms with E-state index in [-0.39, 0.29) is 18.0 Å². The topological polar surface area (TPSA) is 94.0 Å². The average Bonchev–Trinajstić information content (AvgIpc) is 3.22. The van der Waals surface area contributed by atoms with Crippen LogP contribution in [0.3, 0.4) is 0 Å². The molecule has 9 heteroatoms. The molecule has 0 atom stereocenters. The van der Waals surface area contributed by atoms with Crippen LogP contribution < -0.4 is 10.6 Å². The molecule has 0 bridgehead atoms. The number of carbonyl (C=O) groups is 1. The standard InChI is InChI=1S/C27H29FN6O2/c1-17-24-25(31-23(16-36-2)32-26(24)34(33-17)22-9-4-3-5-10-22)29-20-11-13-21(14-12-20)30-27(35)18-7-6-8-19(28)15-18/h3-10,15,20-21H,11-14,16H2,1-2H3,(H,30,35)(H,29,31,32). The minimum atomic E-state index is -0.412. The maximum Gasteiger partial charge on any atom is 0.251 e. The van der Waals surface area contributed by atoms with E-state index in [4.69, 9.17) is 19.8 Å². The number of amides is 1. The minimum absolute atomic E-state index is 0.0517. The molecule has 2 aromatic heterocycles. The molecule has 1 aliphatic carbocycles. The van der Waals surface area contributed by atoms with E-state index in [1.807, 2.05) is 41.9 Å². The fourth-order valence-corrected chi connectivity index (χ4v) is 4.75. The number of methoxy groups -OCH3 is 1. The van der Waals surface area contributed by atoms with Gasteiger partial charge in [-0.05, 0) is 62.9 Å². The van der Waals surface area contributed by atoms with Crippen LogP contribution >= 0.6 is 0 Å². The first-order chi connectivity index (χ1) is 17.5. The molecule has 1 amide bonds. The molecule has 186 valence electrons. The Kier molecular flexibility index (Phi) is 6.90. The van der Waals surface area contributed by atoms with Gasteiger partial charge in [0.15, 0.2) is 11.5 Å². The molecule has 36 heavy (non-hydrogen) atoms. The number of nitrogens with zero attached hydrogens (tertiary/aromatic N) is 4. The molecule has 8 nitrogen and oxygen atoms in total. The second-order valence-corrected chi connectivity index (χ2v) is 9.13. The van der Waals surface area contributed by atoms with Gasteiger partial charge in [0.1, 0.15) is 18.2 Å². The molecule has 1 aliphatic rings. The van der Waals surface area contributed by atoms with Gasteiger partial charge in [-0.25, -0.2) is 19.0 Å². The quantitative estimate of drug-likeness (QED) is 0.396. The van der Waals surface area contributed by atoms with Crippen LogP contribution in [0.2, 0.25) is 0 Å². The third kappa shape index (κ3) is 5.06. The van der Waals surface area contributed by atoms with Crippen molar-refractivity contribution in [3.8, 4) is 5.69 Å². The zero-order chi connectivity index (χ0) is 25.1. The number of anilines is 1. The van der Waals surface area contributed by atoms with Gasteiger partial charge in [-0.1, -0.05) is 24.3 Å². The van der Waals surface area contributed by atoms with E-state index in [2.05, 4.69) is 10.6 Å². The van der Waals surface area contributed by atoms with E-state index in [1.54, 1.807) is 19.2 Å². The van der Waals surface area contributed by atoms with Gasteiger partial charge in [0.25, 0.3) is 5.91 Å². The van der Waals surface area contributed by atoms with Crippen LogP contribution in [0.25, 0.3) is 16.7 Å². The molecule has 0 spiro atoms. The number of hydrogen-bond acceptors (Lipinski definition) is 6. The normalized spacial score (nSPS) is 17.8. The number of aromatic nitrogens is 4. The highest BCUT2D eigenvalue weighted by Gasteiger charge is 2.25. The van der Waals surface area contributed by atoms with Crippen LogP contribution in [0.5, 0.6) is 0 Å². The first-order valence-corrected chi connectivity index (χ1v) is 12.2. The van der Waals surface area contributed by atoms with Gasteiger partial charge < -0.3 is 15.4 Å². The third-order valence-electron chi connectivity index (χ3n) is 6.51. The van der Waals surface area contributed by atoms with Crippen LogP contribution in [-0.4, -0.2) is 44.8 Å². The van der Waals surface area contributed by atoms with E-state index in [0.717, 1.165) is 53.9 Å². The molecular formula is C27H29FN6O2. The van der Waals surface area contributed by atoms with Crippen LogP contribution in [0, 0.1) is 12.7 Å². The lowest BCUT2D eigenvalue weighted by molar-refractivity contribution is 0.0926. The van der Waals surface area contributed by atoms with Crippen LogP contribution in [0.15, 0.2) is 54.6 Å². The first-order valence-electron chi connectivity index (χ1n) is 12.2. The van der Waals surface area contributed by atoms with Crippen LogP contribution in [0.4, 0.5) is 10.2 Å². The Bertz CT molecular complexity index is 1370. The lowest BCUT2D eigenvalue weighted by atomic mass is 9.91. The summed E-state index contributed by atoms with van der Waals surface area (Å²) in [5, 5.41) is 12.3. The molecule has 4 aromatic rings. The summed E-state index contributed by atoms with van der Waals surface area (Å²) in [6, 6.07) is 15.9. The molecule has 0 unspecified atom stereocenters. The second kappa shape index (κ2) is 10.4. The van der Waals surface area contributed by atoms with Crippen molar-refractivity contribution >= 4 is 22.8 Å². The lowest BCUT2D eigenvalue weighted by Gasteiger charge is -2.30. The molecule has 5 rings (SSSR count). The van der Waals surface area contributed by atoms with E-state index < -0.39 is 5.82 Å². The van der Waals surface area contributed by atoms with E-state index in [9.17, 15) is 9.18 Å². The number of nitrogens with one attached hydrogen (secondary N) is 2. The fourth-order valence-electron chi connectivity index (χ4n) is 4.75. The van der Waals surface area contributed by atoms with Crippen molar-refractivity contribution in [1.82, 2.24) is 25.1 Å². The largest absolute Gasteiger partial charge is 0.377 e. The summed E-state index contributed by atoms with van der Waals surface area (Å²) in [7, 11) is 1.62. The Morgan fingerprint density at radius 1 is 1.06 bits per heavy atom. The van der Waals surface area contributed by atoms with Crippen molar-refractivity contribution < 1.29 is 13.9 Å². The average molecular weight is 489 g/mol. The van der Waals surface area contributed by atoms with Crippen molar-refractivity contribution in [2.75, 3.05) is 12.4 Å². The lowest BCUT2D eigenvalue weighted by Crippen LogP contribution is -2.40. The number of hydrogen-bond donors (Lipinski definition) is 2. The summed E-state index contributed by atoms with van der Waals surface area (Å²) in [5.41, 5.74) is 2.85. The van der Waals surface area contributed by atoms with Gasteiger partial charge in [-0.3, -0.25) is 4.79 Å². The van der Waals surface area contributed by atoms with Gasteiger partial charge in [0, 0.05) is 24.8 Å². The number of halogens is 1. The predicted molar refractivity (Wildman–Crippen MR) is 136 cm³/mol. The number of rotatable bonds is 7. The van der Waals surface area contributed by atoms with Gasteiger partial charge in [0.2, 0.25) is 0 Å². The fraction of sp³-hybridized carbons (Fsp3) is 0.333. The maximum absolute atomic E-state index is 13.5. The van der Waals surface area contributed by atoms with Crippen molar-refractivity contribution in [3.63, 3.8) is 0 Å². The SMILES string of the molecule is COCc1nc(NC2CCC(NC(=O)c3cccc(F)c3)CC2)c2c(C)nn(-c3ccccc3)c2n1. The zero-order valence-electron chi connectivity index (χ0n) is 20.4. The molecular weight excluding hydrogens is 459 g/mol.